The highest BCUT2D eigenvalue weighted by Gasteiger charge is 2.14. The Morgan fingerprint density at radius 1 is 1.14 bits per heavy atom. The first-order valence-corrected chi connectivity index (χ1v) is 7.12. The summed E-state index contributed by atoms with van der Waals surface area (Å²) in [7, 11) is 1.63. The maximum Gasteiger partial charge on any atom is 0.269 e. The minimum absolute atomic E-state index is 0.0796. The molecule has 2 aromatic rings. The van der Waals surface area contributed by atoms with Crippen molar-refractivity contribution in [3.63, 3.8) is 0 Å². The van der Waals surface area contributed by atoms with Crippen LogP contribution in [0.15, 0.2) is 48.5 Å². The Morgan fingerprint density at radius 3 is 2.27 bits per heavy atom. The number of aliphatic hydroxyl groups excluding tert-OH is 1. The van der Waals surface area contributed by atoms with E-state index in [2.05, 4.69) is 0 Å². The summed E-state index contributed by atoms with van der Waals surface area (Å²) in [6.45, 7) is 0.0812. The summed E-state index contributed by atoms with van der Waals surface area (Å²) in [5.41, 5.74) is 2.21. The molecule has 0 aromatic heterocycles. The average Bonchev–Trinajstić information content (AvgIpc) is 2.55. The van der Waals surface area contributed by atoms with Crippen LogP contribution in [0.4, 0.5) is 5.69 Å². The second-order valence-corrected chi connectivity index (χ2v) is 5.11. The van der Waals surface area contributed by atoms with Crippen LogP contribution in [-0.4, -0.2) is 23.7 Å². The van der Waals surface area contributed by atoms with Crippen molar-refractivity contribution in [2.75, 3.05) is 13.7 Å². The fourth-order valence-corrected chi connectivity index (χ4v) is 2.46. The molecule has 0 saturated heterocycles. The Balaban J connectivity index is 2.15. The first-order valence-electron chi connectivity index (χ1n) is 7.12. The summed E-state index contributed by atoms with van der Waals surface area (Å²) >= 11 is 0. The van der Waals surface area contributed by atoms with Gasteiger partial charge in [-0.25, -0.2) is 0 Å². The number of nitro groups is 1. The number of non-ortho nitro benzene ring substituents is 1. The van der Waals surface area contributed by atoms with Crippen molar-refractivity contribution in [2.24, 2.45) is 0 Å². The van der Waals surface area contributed by atoms with Gasteiger partial charge in [0.05, 0.1) is 12.0 Å². The number of hydrogen-bond donors (Lipinski definition) is 1. The van der Waals surface area contributed by atoms with Crippen LogP contribution in [0, 0.1) is 10.1 Å². The summed E-state index contributed by atoms with van der Waals surface area (Å²) in [5, 5.41) is 20.0. The molecule has 22 heavy (non-hydrogen) atoms. The van der Waals surface area contributed by atoms with E-state index in [4.69, 9.17) is 4.74 Å². The highest BCUT2D eigenvalue weighted by Crippen LogP contribution is 2.26. The van der Waals surface area contributed by atoms with Crippen LogP contribution < -0.4 is 4.74 Å². The number of aliphatic hydroxyl groups is 1. The molecule has 0 amide bonds. The lowest BCUT2D eigenvalue weighted by Crippen LogP contribution is -2.06. The predicted molar refractivity (Wildman–Crippen MR) is 84.2 cm³/mol. The van der Waals surface area contributed by atoms with Gasteiger partial charge in [-0.15, -0.1) is 0 Å². The topological polar surface area (TPSA) is 72.6 Å². The summed E-state index contributed by atoms with van der Waals surface area (Å²) in [6.07, 6.45) is 1.38. The molecule has 0 aliphatic heterocycles. The molecule has 0 radical (unpaired) electrons. The largest absolute Gasteiger partial charge is 0.497 e. The van der Waals surface area contributed by atoms with Crippen LogP contribution in [0.2, 0.25) is 0 Å². The van der Waals surface area contributed by atoms with Crippen molar-refractivity contribution in [3.8, 4) is 5.75 Å². The Morgan fingerprint density at radius 2 is 1.77 bits per heavy atom. The molecule has 0 heterocycles. The molecule has 0 aliphatic carbocycles. The first kappa shape index (κ1) is 16.0. The molecule has 5 heteroatoms. The van der Waals surface area contributed by atoms with Gasteiger partial charge in [0.15, 0.2) is 0 Å². The molecule has 116 valence electrons. The molecule has 0 bridgehead atoms. The van der Waals surface area contributed by atoms with Crippen LogP contribution in [-0.2, 0) is 6.42 Å². The van der Waals surface area contributed by atoms with Crippen molar-refractivity contribution >= 4 is 5.69 Å². The zero-order valence-corrected chi connectivity index (χ0v) is 12.4. The van der Waals surface area contributed by atoms with E-state index >= 15 is 0 Å². The van der Waals surface area contributed by atoms with E-state index in [1.54, 1.807) is 19.2 Å². The molecular weight excluding hydrogens is 282 g/mol. The van der Waals surface area contributed by atoms with Gasteiger partial charge in [0.25, 0.3) is 5.69 Å². The second kappa shape index (κ2) is 7.56. The highest BCUT2D eigenvalue weighted by atomic mass is 16.6. The molecule has 2 aromatic carbocycles. The molecule has 1 atom stereocenters. The number of rotatable bonds is 7. The molecular formula is C17H19NO4. The molecule has 0 saturated carbocycles. The third-order valence-electron chi connectivity index (χ3n) is 3.69. The Kier molecular flexibility index (Phi) is 5.49. The van der Waals surface area contributed by atoms with E-state index in [1.165, 1.54) is 12.1 Å². The Hall–Kier alpha value is -2.40. The zero-order valence-electron chi connectivity index (χ0n) is 12.4. The molecule has 0 fully saturated rings. The second-order valence-electron chi connectivity index (χ2n) is 5.11. The van der Waals surface area contributed by atoms with Crippen LogP contribution in [0.3, 0.4) is 0 Å². The van der Waals surface area contributed by atoms with Crippen molar-refractivity contribution in [2.45, 2.75) is 18.8 Å². The predicted octanol–water partition coefficient (Wildman–Crippen LogP) is 3.31. The summed E-state index contributed by atoms with van der Waals surface area (Å²) in [4.78, 5) is 10.3. The fraction of sp³-hybridized carbons (Fsp3) is 0.294. The summed E-state index contributed by atoms with van der Waals surface area (Å²) in [6, 6.07) is 14.3. The van der Waals surface area contributed by atoms with Gasteiger partial charge in [0.2, 0.25) is 0 Å². The van der Waals surface area contributed by atoms with Crippen molar-refractivity contribution < 1.29 is 14.8 Å². The van der Waals surface area contributed by atoms with E-state index in [9.17, 15) is 15.2 Å². The number of methoxy groups -OCH3 is 1. The molecule has 5 nitrogen and oxygen atoms in total. The smallest absolute Gasteiger partial charge is 0.269 e. The third-order valence-corrected chi connectivity index (χ3v) is 3.69. The van der Waals surface area contributed by atoms with E-state index in [1.807, 2.05) is 24.3 Å². The SMILES string of the molecule is COc1ccc(C[C@@H](CCO)c2ccc([N+](=O)[O-])cc2)cc1. The van der Waals surface area contributed by atoms with E-state index in [0.29, 0.717) is 6.42 Å². The average molecular weight is 301 g/mol. The van der Waals surface area contributed by atoms with Crippen molar-refractivity contribution in [1.82, 2.24) is 0 Å². The van der Waals surface area contributed by atoms with Gasteiger partial charge in [-0.3, -0.25) is 10.1 Å². The maximum atomic E-state index is 10.7. The third kappa shape index (κ3) is 4.05. The molecule has 1 N–H and O–H groups in total. The van der Waals surface area contributed by atoms with Crippen molar-refractivity contribution in [1.29, 1.82) is 0 Å². The van der Waals surface area contributed by atoms with Crippen LogP contribution in [0.1, 0.15) is 23.5 Å². The quantitative estimate of drug-likeness (QED) is 0.629. The highest BCUT2D eigenvalue weighted by molar-refractivity contribution is 5.35. The molecule has 0 spiro atoms. The molecule has 0 aliphatic rings. The van der Waals surface area contributed by atoms with Gasteiger partial charge < -0.3 is 9.84 Å². The lowest BCUT2D eigenvalue weighted by molar-refractivity contribution is -0.384. The first-order chi connectivity index (χ1) is 10.6. The van der Waals surface area contributed by atoms with E-state index < -0.39 is 4.92 Å². The van der Waals surface area contributed by atoms with Gasteiger partial charge in [0, 0.05) is 18.7 Å². The normalized spacial score (nSPS) is 11.9. The number of benzene rings is 2. The number of nitro benzene ring substituents is 1. The monoisotopic (exact) mass is 301 g/mol. The van der Waals surface area contributed by atoms with E-state index in [-0.39, 0.29) is 18.2 Å². The van der Waals surface area contributed by atoms with Crippen LogP contribution >= 0.6 is 0 Å². The molecule has 2 rings (SSSR count). The zero-order chi connectivity index (χ0) is 15.9. The van der Waals surface area contributed by atoms with Gasteiger partial charge >= 0.3 is 0 Å². The lowest BCUT2D eigenvalue weighted by Gasteiger charge is -2.16. The minimum Gasteiger partial charge on any atom is -0.497 e. The van der Waals surface area contributed by atoms with Crippen LogP contribution in [0.5, 0.6) is 5.75 Å². The minimum atomic E-state index is -0.408. The summed E-state index contributed by atoms with van der Waals surface area (Å²) < 4.78 is 5.14. The lowest BCUT2D eigenvalue weighted by atomic mass is 9.89. The maximum absolute atomic E-state index is 10.7. The fourth-order valence-electron chi connectivity index (χ4n) is 2.46. The summed E-state index contributed by atoms with van der Waals surface area (Å²) in [5.74, 6) is 0.928. The van der Waals surface area contributed by atoms with Gasteiger partial charge in [-0.05, 0) is 42.0 Å². The standard InChI is InChI=1S/C17H19NO4/c1-22-17-8-2-13(3-9-17)12-15(10-11-19)14-4-6-16(7-5-14)18(20)21/h2-9,15,19H,10-12H2,1H3/t15-/m1/s1. The number of hydrogen-bond acceptors (Lipinski definition) is 4. The van der Waals surface area contributed by atoms with Gasteiger partial charge in [-0.2, -0.15) is 0 Å². The number of ether oxygens (including phenoxy) is 1. The van der Waals surface area contributed by atoms with E-state index in [0.717, 1.165) is 23.3 Å². The molecule has 0 unspecified atom stereocenters. The van der Waals surface area contributed by atoms with Crippen molar-refractivity contribution in [3.05, 3.63) is 69.8 Å². The van der Waals surface area contributed by atoms with Crippen LogP contribution in [0.25, 0.3) is 0 Å². The Bertz CT molecular complexity index is 608. The van der Waals surface area contributed by atoms with Gasteiger partial charge in [-0.1, -0.05) is 24.3 Å². The van der Waals surface area contributed by atoms with Gasteiger partial charge in [0.1, 0.15) is 5.75 Å². The number of nitrogens with zero attached hydrogens (tertiary/aromatic N) is 1. The Labute approximate surface area is 129 Å².